The second-order valence-corrected chi connectivity index (χ2v) is 9.45. The van der Waals surface area contributed by atoms with E-state index < -0.39 is 0 Å². The van der Waals surface area contributed by atoms with Crippen LogP contribution in [0.2, 0.25) is 0 Å². The molecule has 0 aromatic heterocycles. The van der Waals surface area contributed by atoms with E-state index in [1.807, 2.05) is 42.5 Å². The minimum absolute atomic E-state index is 0.0922. The fraction of sp³-hybridized carbons (Fsp3) is 0.440. The molecule has 2 bridgehead atoms. The standard InChI is InChI=1S/C25H30N2O2/c1-24(2)21-13-14-25(24,3)17-27(16-21)23(29)20-11-9-18(10-12-20)15-26-22(28)19-7-5-4-6-8-19/h4-12,21H,13-17H2,1-3H3,(H,26,28). The summed E-state index contributed by atoms with van der Waals surface area (Å²) in [6, 6.07) is 16.8. The number of carbonyl (C=O) groups excluding carboxylic acids is 2. The average molecular weight is 391 g/mol. The molecule has 2 aromatic rings. The van der Waals surface area contributed by atoms with Crippen LogP contribution in [0.1, 0.15) is 59.9 Å². The van der Waals surface area contributed by atoms with Crippen LogP contribution in [0.15, 0.2) is 54.6 Å². The van der Waals surface area contributed by atoms with Crippen molar-refractivity contribution in [2.24, 2.45) is 16.7 Å². The Morgan fingerprint density at radius 2 is 1.69 bits per heavy atom. The summed E-state index contributed by atoms with van der Waals surface area (Å²) in [5.41, 5.74) is 2.86. The van der Waals surface area contributed by atoms with E-state index in [9.17, 15) is 9.59 Å². The number of likely N-dealkylation sites (tertiary alicyclic amines) is 1. The van der Waals surface area contributed by atoms with Crippen molar-refractivity contribution in [2.45, 2.75) is 40.2 Å². The largest absolute Gasteiger partial charge is 0.348 e. The van der Waals surface area contributed by atoms with E-state index in [1.54, 1.807) is 12.1 Å². The molecule has 4 nitrogen and oxygen atoms in total. The summed E-state index contributed by atoms with van der Waals surface area (Å²) in [7, 11) is 0. The highest BCUT2D eigenvalue weighted by Crippen LogP contribution is 2.59. The fourth-order valence-corrected chi connectivity index (χ4v) is 5.00. The van der Waals surface area contributed by atoms with Crippen molar-refractivity contribution in [1.82, 2.24) is 10.2 Å². The van der Waals surface area contributed by atoms with Crippen LogP contribution in [0, 0.1) is 16.7 Å². The van der Waals surface area contributed by atoms with Crippen molar-refractivity contribution in [1.29, 1.82) is 0 Å². The molecule has 4 rings (SSSR count). The Morgan fingerprint density at radius 3 is 2.34 bits per heavy atom. The lowest BCUT2D eigenvalue weighted by atomic mass is 9.63. The first-order chi connectivity index (χ1) is 13.8. The van der Waals surface area contributed by atoms with Crippen LogP contribution in [0.25, 0.3) is 0 Å². The fourth-order valence-electron chi connectivity index (χ4n) is 5.00. The van der Waals surface area contributed by atoms with Crippen LogP contribution in [-0.4, -0.2) is 29.8 Å². The van der Waals surface area contributed by atoms with Crippen molar-refractivity contribution in [3.05, 3.63) is 71.3 Å². The Balaban J connectivity index is 1.38. The minimum atomic E-state index is -0.0922. The number of hydrogen-bond donors (Lipinski definition) is 1. The monoisotopic (exact) mass is 390 g/mol. The number of piperidine rings is 1. The van der Waals surface area contributed by atoms with E-state index in [4.69, 9.17) is 0 Å². The van der Waals surface area contributed by atoms with Gasteiger partial charge in [0.15, 0.2) is 0 Å². The SMILES string of the molecule is CC12CCC(CN(C(=O)c3ccc(CNC(=O)c4ccccc4)cc3)C1)C2(C)C. The third-order valence-corrected chi connectivity index (χ3v) is 7.58. The first kappa shape index (κ1) is 19.7. The number of hydrogen-bond acceptors (Lipinski definition) is 2. The number of nitrogens with one attached hydrogen (secondary N) is 1. The molecule has 1 saturated heterocycles. The zero-order chi connectivity index (χ0) is 20.6. The first-order valence-corrected chi connectivity index (χ1v) is 10.5. The van der Waals surface area contributed by atoms with E-state index in [2.05, 4.69) is 31.0 Å². The van der Waals surface area contributed by atoms with Crippen molar-refractivity contribution in [3.8, 4) is 0 Å². The summed E-state index contributed by atoms with van der Waals surface area (Å²) in [5, 5.41) is 2.93. The van der Waals surface area contributed by atoms with Gasteiger partial charge in [0.25, 0.3) is 11.8 Å². The number of carbonyl (C=O) groups is 2. The normalized spacial score (nSPS) is 24.9. The first-order valence-electron chi connectivity index (χ1n) is 10.5. The summed E-state index contributed by atoms with van der Waals surface area (Å²) < 4.78 is 0. The maximum absolute atomic E-state index is 13.1. The van der Waals surface area contributed by atoms with Gasteiger partial charge in [0, 0.05) is 30.8 Å². The summed E-state index contributed by atoms with van der Waals surface area (Å²) >= 11 is 0. The smallest absolute Gasteiger partial charge is 0.253 e. The quantitative estimate of drug-likeness (QED) is 0.835. The molecule has 2 amide bonds. The molecule has 1 N–H and O–H groups in total. The van der Waals surface area contributed by atoms with Crippen LogP contribution in [0.4, 0.5) is 0 Å². The zero-order valence-corrected chi connectivity index (χ0v) is 17.6. The van der Waals surface area contributed by atoms with Gasteiger partial charge in [-0.2, -0.15) is 0 Å². The molecule has 4 heteroatoms. The lowest BCUT2D eigenvalue weighted by Crippen LogP contribution is -2.53. The molecule has 1 heterocycles. The summed E-state index contributed by atoms with van der Waals surface area (Å²) in [6.07, 6.45) is 2.42. The summed E-state index contributed by atoms with van der Waals surface area (Å²) in [6.45, 7) is 9.21. The van der Waals surface area contributed by atoms with Crippen LogP contribution in [-0.2, 0) is 6.54 Å². The van der Waals surface area contributed by atoms with E-state index in [-0.39, 0.29) is 17.2 Å². The predicted molar refractivity (Wildman–Crippen MR) is 115 cm³/mol. The maximum Gasteiger partial charge on any atom is 0.253 e. The predicted octanol–water partition coefficient (Wildman–Crippen LogP) is 4.51. The molecule has 2 aliphatic rings. The van der Waals surface area contributed by atoms with Crippen LogP contribution >= 0.6 is 0 Å². The van der Waals surface area contributed by atoms with Gasteiger partial charge in [-0.15, -0.1) is 0 Å². The number of rotatable bonds is 4. The molecule has 2 fully saturated rings. The molecule has 1 aliphatic carbocycles. The van der Waals surface area contributed by atoms with Gasteiger partial charge < -0.3 is 10.2 Å². The van der Waals surface area contributed by atoms with Crippen LogP contribution in [0.5, 0.6) is 0 Å². The molecule has 152 valence electrons. The molecule has 0 spiro atoms. The Kier molecular flexibility index (Phi) is 4.97. The van der Waals surface area contributed by atoms with E-state index in [0.717, 1.165) is 24.2 Å². The van der Waals surface area contributed by atoms with Crippen molar-refractivity contribution < 1.29 is 9.59 Å². The molecule has 2 aromatic carbocycles. The van der Waals surface area contributed by atoms with Crippen LogP contribution in [0.3, 0.4) is 0 Å². The molecule has 2 unspecified atom stereocenters. The maximum atomic E-state index is 13.1. The lowest BCUT2D eigenvalue weighted by molar-refractivity contribution is -0.0107. The summed E-state index contributed by atoms with van der Waals surface area (Å²) in [5.74, 6) is 0.613. The Labute approximate surface area is 173 Å². The van der Waals surface area contributed by atoms with Crippen molar-refractivity contribution in [2.75, 3.05) is 13.1 Å². The zero-order valence-electron chi connectivity index (χ0n) is 17.6. The van der Waals surface area contributed by atoms with Crippen molar-refractivity contribution in [3.63, 3.8) is 0 Å². The number of nitrogens with zero attached hydrogens (tertiary/aromatic N) is 1. The Bertz CT molecular complexity index is 904. The second-order valence-electron chi connectivity index (χ2n) is 9.45. The van der Waals surface area contributed by atoms with Gasteiger partial charge in [0.2, 0.25) is 0 Å². The Hall–Kier alpha value is -2.62. The highest BCUT2D eigenvalue weighted by Gasteiger charge is 2.56. The van der Waals surface area contributed by atoms with E-state index >= 15 is 0 Å². The average Bonchev–Trinajstić information content (AvgIpc) is 2.87. The molecule has 1 saturated carbocycles. The third-order valence-electron chi connectivity index (χ3n) is 7.58. The highest BCUT2D eigenvalue weighted by molar-refractivity contribution is 5.95. The van der Waals surface area contributed by atoms with Crippen LogP contribution < -0.4 is 5.32 Å². The third kappa shape index (κ3) is 3.57. The van der Waals surface area contributed by atoms with E-state index in [0.29, 0.717) is 23.4 Å². The number of fused-ring (bicyclic) bond motifs is 2. The second kappa shape index (κ2) is 7.33. The van der Waals surface area contributed by atoms with Gasteiger partial charge in [-0.1, -0.05) is 51.1 Å². The van der Waals surface area contributed by atoms with Gasteiger partial charge >= 0.3 is 0 Å². The van der Waals surface area contributed by atoms with Gasteiger partial charge in [-0.25, -0.2) is 0 Å². The Morgan fingerprint density at radius 1 is 1.00 bits per heavy atom. The molecular weight excluding hydrogens is 360 g/mol. The minimum Gasteiger partial charge on any atom is -0.348 e. The van der Waals surface area contributed by atoms with Gasteiger partial charge in [-0.05, 0) is 59.4 Å². The van der Waals surface area contributed by atoms with Gasteiger partial charge in [0.05, 0.1) is 0 Å². The molecule has 2 atom stereocenters. The molecule has 29 heavy (non-hydrogen) atoms. The van der Waals surface area contributed by atoms with E-state index in [1.165, 1.54) is 12.8 Å². The topological polar surface area (TPSA) is 49.4 Å². The molecule has 1 aliphatic heterocycles. The lowest BCUT2D eigenvalue weighted by Gasteiger charge is -2.50. The van der Waals surface area contributed by atoms with Gasteiger partial charge in [0.1, 0.15) is 0 Å². The highest BCUT2D eigenvalue weighted by atomic mass is 16.2. The van der Waals surface area contributed by atoms with Gasteiger partial charge in [-0.3, -0.25) is 9.59 Å². The number of benzene rings is 2. The van der Waals surface area contributed by atoms with Crippen molar-refractivity contribution >= 4 is 11.8 Å². The number of amides is 2. The molecule has 0 radical (unpaired) electrons. The molecular formula is C25H30N2O2. The summed E-state index contributed by atoms with van der Waals surface area (Å²) in [4.78, 5) is 27.3.